The number of carbonyl (C=O) groups is 2. The Hall–Kier alpha value is -1.06. The zero-order valence-corrected chi connectivity index (χ0v) is 7.99. The first kappa shape index (κ1) is 10.0. The lowest BCUT2D eigenvalue weighted by molar-refractivity contribution is -0.149. The summed E-state index contributed by atoms with van der Waals surface area (Å²) in [7, 11) is 0. The molecule has 2 atom stereocenters. The van der Waals surface area contributed by atoms with Crippen LogP contribution >= 0.6 is 0 Å². The van der Waals surface area contributed by atoms with Crippen molar-refractivity contribution >= 4 is 11.9 Å². The van der Waals surface area contributed by atoms with Crippen molar-refractivity contribution in [1.82, 2.24) is 4.90 Å². The first-order valence-electron chi connectivity index (χ1n) is 4.54. The van der Waals surface area contributed by atoms with Crippen LogP contribution in [0.3, 0.4) is 0 Å². The summed E-state index contributed by atoms with van der Waals surface area (Å²) in [5.41, 5.74) is 0. The molecule has 4 nitrogen and oxygen atoms in total. The monoisotopic (exact) mass is 185 g/mol. The van der Waals surface area contributed by atoms with Crippen molar-refractivity contribution in [1.29, 1.82) is 0 Å². The molecule has 13 heavy (non-hydrogen) atoms. The smallest absolute Gasteiger partial charge is 0.315 e. The van der Waals surface area contributed by atoms with Gasteiger partial charge in [-0.3, -0.25) is 9.59 Å². The van der Waals surface area contributed by atoms with Gasteiger partial charge in [-0.05, 0) is 19.3 Å². The quantitative estimate of drug-likeness (QED) is 0.640. The molecule has 1 saturated heterocycles. The Morgan fingerprint density at radius 2 is 2.15 bits per heavy atom. The van der Waals surface area contributed by atoms with Crippen molar-refractivity contribution in [3.05, 3.63) is 0 Å². The second kappa shape index (κ2) is 3.77. The molecule has 2 unspecified atom stereocenters. The Bertz CT molecular complexity index is 227. The lowest BCUT2D eigenvalue weighted by Crippen LogP contribution is -2.36. The van der Waals surface area contributed by atoms with E-state index < -0.39 is 11.9 Å². The topological polar surface area (TPSA) is 57.6 Å². The van der Waals surface area contributed by atoms with Crippen LogP contribution in [0.2, 0.25) is 0 Å². The Kier molecular flexibility index (Phi) is 2.90. The van der Waals surface area contributed by atoms with E-state index in [4.69, 9.17) is 5.11 Å². The molecule has 0 radical (unpaired) electrons. The van der Waals surface area contributed by atoms with E-state index in [1.54, 1.807) is 4.90 Å². The molecule has 0 spiro atoms. The van der Waals surface area contributed by atoms with Crippen molar-refractivity contribution in [3.63, 3.8) is 0 Å². The largest absolute Gasteiger partial charge is 0.481 e. The third-order valence-corrected chi connectivity index (χ3v) is 2.48. The number of likely N-dealkylation sites (tertiary alicyclic amines) is 1. The fourth-order valence-electron chi connectivity index (χ4n) is 1.51. The van der Waals surface area contributed by atoms with E-state index in [0.29, 0.717) is 19.0 Å². The second-order valence-corrected chi connectivity index (χ2v) is 3.74. The van der Waals surface area contributed by atoms with Gasteiger partial charge in [-0.1, -0.05) is 6.92 Å². The molecule has 1 N–H and O–H groups in total. The molecule has 1 amide bonds. The Balaban J connectivity index is 2.53. The van der Waals surface area contributed by atoms with Crippen LogP contribution in [0.5, 0.6) is 0 Å². The van der Waals surface area contributed by atoms with Crippen molar-refractivity contribution in [2.75, 3.05) is 13.1 Å². The molecule has 1 fully saturated rings. The SMILES string of the molecule is CC1CCN(C(=O)C(C)C(=O)O)C1. The van der Waals surface area contributed by atoms with E-state index in [9.17, 15) is 9.59 Å². The zero-order chi connectivity index (χ0) is 10.0. The predicted molar refractivity (Wildman–Crippen MR) is 47.2 cm³/mol. The standard InChI is InChI=1S/C9H15NO3/c1-6-3-4-10(5-6)8(11)7(2)9(12)13/h6-7H,3-5H2,1-2H3,(H,12,13). The van der Waals surface area contributed by atoms with Gasteiger partial charge in [-0.25, -0.2) is 0 Å². The summed E-state index contributed by atoms with van der Waals surface area (Å²) in [6.07, 6.45) is 0.984. The number of carbonyl (C=O) groups excluding carboxylic acids is 1. The number of amides is 1. The second-order valence-electron chi connectivity index (χ2n) is 3.74. The van der Waals surface area contributed by atoms with Gasteiger partial charge in [0, 0.05) is 13.1 Å². The third-order valence-electron chi connectivity index (χ3n) is 2.48. The molecule has 0 saturated carbocycles. The van der Waals surface area contributed by atoms with Gasteiger partial charge in [0.05, 0.1) is 0 Å². The molecule has 1 aliphatic rings. The van der Waals surface area contributed by atoms with Gasteiger partial charge in [-0.15, -0.1) is 0 Å². The maximum Gasteiger partial charge on any atom is 0.315 e. The van der Waals surface area contributed by atoms with Gasteiger partial charge in [0.15, 0.2) is 0 Å². The van der Waals surface area contributed by atoms with Gasteiger partial charge >= 0.3 is 5.97 Å². The number of nitrogens with zero attached hydrogens (tertiary/aromatic N) is 1. The molecule has 0 aromatic heterocycles. The summed E-state index contributed by atoms with van der Waals surface area (Å²) >= 11 is 0. The minimum Gasteiger partial charge on any atom is -0.481 e. The minimum absolute atomic E-state index is 0.253. The summed E-state index contributed by atoms with van der Waals surface area (Å²) in [4.78, 5) is 23.7. The van der Waals surface area contributed by atoms with Gasteiger partial charge in [0.25, 0.3) is 0 Å². The van der Waals surface area contributed by atoms with Crippen LogP contribution in [0.15, 0.2) is 0 Å². The van der Waals surface area contributed by atoms with Crippen LogP contribution in [0.25, 0.3) is 0 Å². The Labute approximate surface area is 77.5 Å². The fraction of sp³-hybridized carbons (Fsp3) is 0.778. The number of rotatable bonds is 2. The van der Waals surface area contributed by atoms with Crippen LogP contribution in [-0.2, 0) is 9.59 Å². The molecule has 74 valence electrons. The van der Waals surface area contributed by atoms with Crippen LogP contribution < -0.4 is 0 Å². The van der Waals surface area contributed by atoms with E-state index in [1.807, 2.05) is 0 Å². The lowest BCUT2D eigenvalue weighted by Gasteiger charge is -2.18. The number of hydrogen-bond acceptors (Lipinski definition) is 2. The summed E-state index contributed by atoms with van der Waals surface area (Å²) in [6.45, 7) is 4.92. The Morgan fingerprint density at radius 3 is 2.54 bits per heavy atom. The summed E-state index contributed by atoms with van der Waals surface area (Å²) < 4.78 is 0. The van der Waals surface area contributed by atoms with Crippen LogP contribution in [0.1, 0.15) is 20.3 Å². The maximum atomic E-state index is 11.5. The molecule has 0 aromatic rings. The third kappa shape index (κ3) is 2.20. The highest BCUT2D eigenvalue weighted by Crippen LogP contribution is 2.17. The molecule has 4 heteroatoms. The van der Waals surface area contributed by atoms with Crippen molar-refractivity contribution in [3.8, 4) is 0 Å². The minimum atomic E-state index is -1.04. The fourth-order valence-corrected chi connectivity index (χ4v) is 1.51. The number of carboxylic acids is 1. The summed E-state index contributed by atoms with van der Waals surface area (Å²) in [6, 6.07) is 0. The van der Waals surface area contributed by atoms with E-state index in [0.717, 1.165) is 6.42 Å². The molecular formula is C9H15NO3. The highest BCUT2D eigenvalue weighted by atomic mass is 16.4. The summed E-state index contributed by atoms with van der Waals surface area (Å²) in [5, 5.41) is 8.63. The van der Waals surface area contributed by atoms with Gasteiger partial charge < -0.3 is 10.0 Å². The van der Waals surface area contributed by atoms with Gasteiger partial charge in [-0.2, -0.15) is 0 Å². The molecule has 1 heterocycles. The van der Waals surface area contributed by atoms with Crippen molar-refractivity contribution < 1.29 is 14.7 Å². The average Bonchev–Trinajstić information content (AvgIpc) is 2.49. The molecule has 1 aliphatic heterocycles. The summed E-state index contributed by atoms with van der Waals surface area (Å²) in [5.74, 6) is -1.68. The number of hydrogen-bond donors (Lipinski definition) is 1. The van der Waals surface area contributed by atoms with Crippen LogP contribution in [-0.4, -0.2) is 35.0 Å². The zero-order valence-electron chi connectivity index (χ0n) is 7.99. The van der Waals surface area contributed by atoms with Gasteiger partial charge in [0.2, 0.25) is 5.91 Å². The first-order valence-corrected chi connectivity index (χ1v) is 4.54. The van der Waals surface area contributed by atoms with Crippen LogP contribution in [0.4, 0.5) is 0 Å². The van der Waals surface area contributed by atoms with Crippen molar-refractivity contribution in [2.45, 2.75) is 20.3 Å². The predicted octanol–water partition coefficient (Wildman–Crippen LogP) is 0.575. The average molecular weight is 185 g/mol. The molecule has 1 rings (SSSR count). The van der Waals surface area contributed by atoms with E-state index >= 15 is 0 Å². The first-order chi connectivity index (χ1) is 6.02. The number of carboxylic acid groups (broad SMARTS) is 1. The van der Waals surface area contributed by atoms with Crippen molar-refractivity contribution in [2.24, 2.45) is 11.8 Å². The molecule has 0 aromatic carbocycles. The number of aliphatic carboxylic acids is 1. The van der Waals surface area contributed by atoms with E-state index in [-0.39, 0.29) is 5.91 Å². The highest BCUT2D eigenvalue weighted by molar-refractivity contribution is 5.96. The lowest BCUT2D eigenvalue weighted by atomic mass is 10.1. The highest BCUT2D eigenvalue weighted by Gasteiger charge is 2.30. The van der Waals surface area contributed by atoms with E-state index in [1.165, 1.54) is 6.92 Å². The van der Waals surface area contributed by atoms with Crippen LogP contribution in [0, 0.1) is 11.8 Å². The molecular weight excluding hydrogens is 170 g/mol. The normalized spacial score (nSPS) is 24.5. The maximum absolute atomic E-state index is 11.5. The molecule has 0 bridgehead atoms. The van der Waals surface area contributed by atoms with E-state index in [2.05, 4.69) is 6.92 Å². The Morgan fingerprint density at radius 1 is 1.54 bits per heavy atom. The molecule has 0 aliphatic carbocycles. The van der Waals surface area contributed by atoms with Gasteiger partial charge in [0.1, 0.15) is 5.92 Å².